The molecule has 0 amide bonds. The molecule has 0 N–H and O–H groups in total. The minimum absolute atomic E-state index is 0.824. The fraction of sp³-hybridized carbons (Fsp3) is 0. The molecule has 0 saturated carbocycles. The number of fused-ring (bicyclic) bond motifs is 4. The average molecular weight is 385 g/mol. The Morgan fingerprint density at radius 2 is 1.24 bits per heavy atom. The molecule has 2 aromatic heterocycles. The van der Waals surface area contributed by atoms with E-state index in [1.165, 1.54) is 10.8 Å². The van der Waals surface area contributed by atoms with E-state index in [0.717, 1.165) is 37.7 Å². The lowest BCUT2D eigenvalue weighted by Crippen LogP contribution is -1.90. The lowest BCUT2D eigenvalue weighted by Gasteiger charge is -2.09. The second-order valence-electron chi connectivity index (χ2n) is 6.07. The molecule has 0 unspecified atom stereocenters. The predicted octanol–water partition coefficient (Wildman–Crippen LogP) is 6.37. The number of rotatable bonds is 1. The van der Waals surface area contributed by atoms with Crippen LogP contribution in [0.15, 0.2) is 83.5 Å². The van der Waals surface area contributed by atoms with E-state index in [1.807, 2.05) is 6.07 Å². The molecular formula is C22H13BrN2. The largest absolute Gasteiger partial charge is 0.245 e. The van der Waals surface area contributed by atoms with Crippen molar-refractivity contribution in [3.63, 3.8) is 0 Å². The van der Waals surface area contributed by atoms with Gasteiger partial charge in [0.25, 0.3) is 0 Å². The summed E-state index contributed by atoms with van der Waals surface area (Å²) in [5.41, 5.74) is 3.98. The van der Waals surface area contributed by atoms with Crippen LogP contribution in [0.25, 0.3) is 43.8 Å². The zero-order chi connectivity index (χ0) is 16.8. The molecule has 5 aromatic rings. The molecule has 0 spiro atoms. The normalized spacial score (nSPS) is 11.4. The molecule has 0 fully saturated rings. The molecule has 3 aromatic carbocycles. The summed E-state index contributed by atoms with van der Waals surface area (Å²) in [4.78, 5) is 9.64. The molecule has 5 rings (SSSR count). The Morgan fingerprint density at radius 3 is 2.12 bits per heavy atom. The van der Waals surface area contributed by atoms with Crippen LogP contribution in [-0.4, -0.2) is 9.97 Å². The molecule has 2 heterocycles. The van der Waals surface area contributed by atoms with Gasteiger partial charge in [-0.05, 0) is 38.8 Å². The SMILES string of the molecule is Brc1ccc2ccc3ccc(-c4cccc5ccccc45)nc3c2n1. The molecule has 0 radical (unpaired) electrons. The number of benzene rings is 3. The molecule has 0 saturated heterocycles. The van der Waals surface area contributed by atoms with Crippen molar-refractivity contribution in [2.45, 2.75) is 0 Å². The van der Waals surface area contributed by atoms with E-state index in [-0.39, 0.29) is 0 Å². The molecule has 0 aliphatic rings. The first-order valence-electron chi connectivity index (χ1n) is 8.14. The van der Waals surface area contributed by atoms with Gasteiger partial charge in [-0.3, -0.25) is 0 Å². The van der Waals surface area contributed by atoms with Crippen molar-refractivity contribution in [3.8, 4) is 11.3 Å². The third kappa shape index (κ3) is 2.39. The van der Waals surface area contributed by atoms with Gasteiger partial charge in [-0.25, -0.2) is 9.97 Å². The van der Waals surface area contributed by atoms with E-state index in [1.54, 1.807) is 0 Å². The topological polar surface area (TPSA) is 25.8 Å². The Morgan fingerprint density at radius 1 is 0.560 bits per heavy atom. The van der Waals surface area contributed by atoms with Crippen molar-refractivity contribution in [3.05, 3.63) is 83.5 Å². The predicted molar refractivity (Wildman–Crippen MR) is 108 cm³/mol. The second kappa shape index (κ2) is 5.64. The second-order valence-corrected chi connectivity index (χ2v) is 6.88. The van der Waals surface area contributed by atoms with E-state index in [4.69, 9.17) is 4.98 Å². The van der Waals surface area contributed by atoms with Gasteiger partial charge >= 0.3 is 0 Å². The molecule has 118 valence electrons. The summed E-state index contributed by atoms with van der Waals surface area (Å²) in [5.74, 6) is 0. The highest BCUT2D eigenvalue weighted by Gasteiger charge is 2.09. The minimum Gasteiger partial charge on any atom is -0.245 e. The van der Waals surface area contributed by atoms with Crippen LogP contribution in [0.3, 0.4) is 0 Å². The van der Waals surface area contributed by atoms with Gasteiger partial charge in [0.2, 0.25) is 0 Å². The van der Waals surface area contributed by atoms with Crippen molar-refractivity contribution in [1.29, 1.82) is 0 Å². The van der Waals surface area contributed by atoms with Gasteiger partial charge in [-0.2, -0.15) is 0 Å². The number of halogens is 1. The highest BCUT2D eigenvalue weighted by atomic mass is 79.9. The Balaban J connectivity index is 1.85. The van der Waals surface area contributed by atoms with Crippen molar-refractivity contribution in [2.24, 2.45) is 0 Å². The van der Waals surface area contributed by atoms with Gasteiger partial charge in [-0.1, -0.05) is 66.7 Å². The van der Waals surface area contributed by atoms with Crippen LogP contribution in [-0.2, 0) is 0 Å². The van der Waals surface area contributed by atoms with Crippen LogP contribution in [0.5, 0.6) is 0 Å². The van der Waals surface area contributed by atoms with Gasteiger partial charge in [0.15, 0.2) is 0 Å². The summed E-state index contributed by atoms with van der Waals surface area (Å²) in [7, 11) is 0. The van der Waals surface area contributed by atoms with E-state index in [2.05, 4.69) is 93.7 Å². The smallest absolute Gasteiger partial charge is 0.106 e. The Hall–Kier alpha value is -2.78. The van der Waals surface area contributed by atoms with Gasteiger partial charge in [0.05, 0.1) is 16.7 Å². The zero-order valence-electron chi connectivity index (χ0n) is 13.3. The molecule has 0 atom stereocenters. The Labute approximate surface area is 153 Å². The minimum atomic E-state index is 0.824. The van der Waals surface area contributed by atoms with E-state index >= 15 is 0 Å². The van der Waals surface area contributed by atoms with Crippen molar-refractivity contribution >= 4 is 48.5 Å². The lowest BCUT2D eigenvalue weighted by atomic mass is 10.0. The molecule has 25 heavy (non-hydrogen) atoms. The number of nitrogens with zero attached hydrogens (tertiary/aromatic N) is 2. The number of aromatic nitrogens is 2. The van der Waals surface area contributed by atoms with Crippen LogP contribution in [0, 0.1) is 0 Å². The van der Waals surface area contributed by atoms with Crippen molar-refractivity contribution in [1.82, 2.24) is 9.97 Å². The summed E-state index contributed by atoms with van der Waals surface area (Å²) in [6.45, 7) is 0. The highest BCUT2D eigenvalue weighted by molar-refractivity contribution is 9.10. The van der Waals surface area contributed by atoms with Crippen molar-refractivity contribution in [2.75, 3.05) is 0 Å². The Kier molecular flexibility index (Phi) is 3.28. The maximum Gasteiger partial charge on any atom is 0.106 e. The molecule has 2 nitrogen and oxygen atoms in total. The first kappa shape index (κ1) is 14.6. The van der Waals surface area contributed by atoms with Crippen LogP contribution in [0.4, 0.5) is 0 Å². The van der Waals surface area contributed by atoms with Crippen molar-refractivity contribution < 1.29 is 0 Å². The number of hydrogen-bond acceptors (Lipinski definition) is 2. The first-order chi connectivity index (χ1) is 12.3. The van der Waals surface area contributed by atoms with Gasteiger partial charge in [0, 0.05) is 16.3 Å². The fourth-order valence-electron chi connectivity index (χ4n) is 3.34. The summed E-state index contributed by atoms with van der Waals surface area (Å²) in [6.07, 6.45) is 0. The summed E-state index contributed by atoms with van der Waals surface area (Å²) >= 11 is 3.48. The maximum atomic E-state index is 4.98. The maximum absolute atomic E-state index is 4.98. The van der Waals surface area contributed by atoms with Crippen LogP contribution in [0.2, 0.25) is 0 Å². The molecule has 3 heteroatoms. The number of hydrogen-bond donors (Lipinski definition) is 0. The van der Waals surface area contributed by atoms with Crippen LogP contribution in [0.1, 0.15) is 0 Å². The number of pyridine rings is 2. The van der Waals surface area contributed by atoms with E-state index in [9.17, 15) is 0 Å². The summed E-state index contributed by atoms with van der Waals surface area (Å²) in [6, 6.07) is 27.2. The first-order valence-corrected chi connectivity index (χ1v) is 8.93. The quantitative estimate of drug-likeness (QED) is 0.248. The van der Waals surface area contributed by atoms with Crippen LogP contribution < -0.4 is 0 Å². The van der Waals surface area contributed by atoms with Gasteiger partial charge in [-0.15, -0.1) is 0 Å². The average Bonchev–Trinajstić information content (AvgIpc) is 2.67. The molecular weight excluding hydrogens is 372 g/mol. The highest BCUT2D eigenvalue weighted by Crippen LogP contribution is 2.30. The van der Waals surface area contributed by atoms with Gasteiger partial charge in [0.1, 0.15) is 4.60 Å². The van der Waals surface area contributed by atoms with Crippen LogP contribution >= 0.6 is 15.9 Å². The summed E-state index contributed by atoms with van der Waals surface area (Å²) in [5, 5.41) is 4.63. The lowest BCUT2D eigenvalue weighted by molar-refractivity contribution is 1.34. The zero-order valence-corrected chi connectivity index (χ0v) is 14.9. The standard InChI is InChI=1S/C22H13BrN2/c23-20-13-11-16-9-8-15-10-12-19(24-21(15)22(16)25-20)18-7-3-5-14-4-1-2-6-17(14)18/h1-13H. The summed E-state index contributed by atoms with van der Waals surface area (Å²) < 4.78 is 0.824. The Bertz CT molecular complexity index is 1260. The molecule has 0 bridgehead atoms. The van der Waals surface area contributed by atoms with E-state index < -0.39 is 0 Å². The monoisotopic (exact) mass is 384 g/mol. The molecule has 0 aliphatic heterocycles. The fourth-order valence-corrected chi connectivity index (χ4v) is 3.65. The van der Waals surface area contributed by atoms with Gasteiger partial charge < -0.3 is 0 Å². The third-order valence-corrected chi connectivity index (χ3v) is 4.99. The third-order valence-electron chi connectivity index (χ3n) is 4.55. The van der Waals surface area contributed by atoms with E-state index in [0.29, 0.717) is 0 Å². The molecule has 0 aliphatic carbocycles.